The van der Waals surface area contributed by atoms with Crippen LogP contribution in [0.15, 0.2) is 95.2 Å². The van der Waals surface area contributed by atoms with Gasteiger partial charge in [0.15, 0.2) is 0 Å². The Hall–Kier alpha value is -5.32. The lowest BCUT2D eigenvalue weighted by atomic mass is 10.1. The summed E-state index contributed by atoms with van der Waals surface area (Å²) in [4.78, 5) is 12.4. The van der Waals surface area contributed by atoms with Gasteiger partial charge in [-0.2, -0.15) is 10.2 Å². The molecule has 0 heterocycles. The van der Waals surface area contributed by atoms with Crippen molar-refractivity contribution in [3.8, 4) is 11.5 Å². The van der Waals surface area contributed by atoms with E-state index in [2.05, 4.69) is 10.2 Å². The molecule has 0 unspecified atom stereocenters. The van der Waals surface area contributed by atoms with E-state index < -0.39 is 4.92 Å². The average Bonchev–Trinajstić information content (AvgIpc) is 3.06. The van der Waals surface area contributed by atoms with Crippen LogP contribution in [-0.2, 0) is 0 Å². The Labute approximate surface area is 256 Å². The average molecular weight is 595 g/mol. The number of nitro benzene ring substituents is 1. The molecule has 2 N–H and O–H groups in total. The Morgan fingerprint density at radius 1 is 0.705 bits per heavy atom. The first kappa shape index (κ1) is 31.6. The van der Waals surface area contributed by atoms with E-state index in [1.807, 2.05) is 89.9 Å². The Balaban J connectivity index is 1.44. The number of nitrogens with zero attached hydrogens (tertiary/aromatic N) is 4. The normalized spacial score (nSPS) is 11.5. The molecule has 0 aliphatic rings. The number of methoxy groups -OCH3 is 2. The van der Waals surface area contributed by atoms with E-state index in [9.17, 15) is 20.3 Å². The molecule has 10 nitrogen and oxygen atoms in total. The van der Waals surface area contributed by atoms with Crippen LogP contribution in [0.4, 0.5) is 22.7 Å². The third-order valence-electron chi connectivity index (χ3n) is 6.73. The van der Waals surface area contributed by atoms with E-state index in [1.54, 1.807) is 26.4 Å². The third-order valence-corrected chi connectivity index (χ3v) is 6.73. The fraction of sp³-hybridized carbons (Fsp3) is 0.176. The van der Waals surface area contributed by atoms with Crippen LogP contribution in [0, 0.1) is 10.1 Å². The van der Waals surface area contributed by atoms with Gasteiger partial charge in [0.1, 0.15) is 11.5 Å². The highest BCUT2D eigenvalue weighted by Gasteiger charge is 2.09. The summed E-state index contributed by atoms with van der Waals surface area (Å²) < 4.78 is 11.3. The zero-order valence-electron chi connectivity index (χ0n) is 24.5. The third kappa shape index (κ3) is 8.60. The van der Waals surface area contributed by atoms with Gasteiger partial charge in [-0.3, -0.25) is 10.1 Å². The predicted octanol–water partition coefficient (Wildman–Crippen LogP) is 7.16. The van der Waals surface area contributed by atoms with E-state index in [-0.39, 0.29) is 18.9 Å². The summed E-state index contributed by atoms with van der Waals surface area (Å²) >= 11 is 0. The molecule has 4 rings (SSSR count). The van der Waals surface area contributed by atoms with Gasteiger partial charge in [-0.05, 0) is 71.8 Å². The smallest absolute Gasteiger partial charge is 0.269 e. The van der Waals surface area contributed by atoms with Gasteiger partial charge in [-0.15, -0.1) is 0 Å². The molecule has 4 aromatic carbocycles. The van der Waals surface area contributed by atoms with Crippen molar-refractivity contribution in [2.45, 2.75) is 0 Å². The maximum Gasteiger partial charge on any atom is 0.269 e. The van der Waals surface area contributed by atoms with Crippen molar-refractivity contribution >= 4 is 47.1 Å². The Kier molecular flexibility index (Phi) is 11.3. The lowest BCUT2D eigenvalue weighted by Crippen LogP contribution is -2.29. The first-order valence-corrected chi connectivity index (χ1v) is 13.9. The summed E-state index contributed by atoms with van der Waals surface area (Å²) in [7, 11) is 3.21. The fourth-order valence-electron chi connectivity index (χ4n) is 4.39. The molecule has 0 aliphatic heterocycles. The van der Waals surface area contributed by atoms with Crippen molar-refractivity contribution in [1.29, 1.82) is 0 Å². The molecule has 0 saturated carbocycles. The van der Waals surface area contributed by atoms with E-state index in [0.717, 1.165) is 27.9 Å². The number of ether oxygens (including phenoxy) is 2. The summed E-state index contributed by atoms with van der Waals surface area (Å²) in [6, 6.07) is 25.2. The number of hydrogen-bond donors (Lipinski definition) is 2. The summed E-state index contributed by atoms with van der Waals surface area (Å²) in [5, 5.41) is 38.0. The van der Waals surface area contributed by atoms with Crippen LogP contribution in [0.1, 0.15) is 22.3 Å². The highest BCUT2D eigenvalue weighted by atomic mass is 16.6. The Bertz CT molecular complexity index is 1610. The van der Waals surface area contributed by atoms with Crippen LogP contribution >= 0.6 is 0 Å². The zero-order valence-corrected chi connectivity index (χ0v) is 24.5. The van der Waals surface area contributed by atoms with Crippen LogP contribution in [0.5, 0.6) is 11.5 Å². The summed E-state index contributed by atoms with van der Waals surface area (Å²) in [6.45, 7) is 0.896. The van der Waals surface area contributed by atoms with Crippen LogP contribution in [0.3, 0.4) is 0 Å². The second kappa shape index (κ2) is 15.8. The molecule has 44 heavy (non-hydrogen) atoms. The second-order valence-electron chi connectivity index (χ2n) is 9.59. The van der Waals surface area contributed by atoms with Gasteiger partial charge in [0.05, 0.1) is 43.7 Å². The van der Waals surface area contributed by atoms with E-state index in [1.165, 1.54) is 12.1 Å². The van der Waals surface area contributed by atoms with Gasteiger partial charge in [0, 0.05) is 42.0 Å². The van der Waals surface area contributed by atoms with Crippen LogP contribution < -0.4 is 14.4 Å². The van der Waals surface area contributed by atoms with E-state index in [0.29, 0.717) is 36.0 Å². The summed E-state index contributed by atoms with van der Waals surface area (Å²) in [5.41, 5.74) is 5.75. The quantitative estimate of drug-likeness (QED) is 0.0686. The molecule has 10 heteroatoms. The number of hydrogen-bond acceptors (Lipinski definition) is 9. The molecule has 226 valence electrons. The number of rotatable bonds is 14. The van der Waals surface area contributed by atoms with Gasteiger partial charge in [-0.25, -0.2) is 0 Å². The van der Waals surface area contributed by atoms with Gasteiger partial charge in [0.2, 0.25) is 0 Å². The highest BCUT2D eigenvalue weighted by molar-refractivity contribution is 5.79. The lowest BCUT2D eigenvalue weighted by molar-refractivity contribution is -0.384. The molecular weight excluding hydrogens is 560 g/mol. The number of anilines is 1. The van der Waals surface area contributed by atoms with Crippen molar-refractivity contribution in [2.24, 2.45) is 10.2 Å². The monoisotopic (exact) mass is 594 g/mol. The standard InChI is InChI=1S/C34H34N4O6/c1-43-33-24-28(10-4-26-7-15-32(16-8-26)38(41)42)34(44-2)23-27(33)9-3-25-5-11-29(12-6-25)35-36-30-13-17-31(18-14-30)37(19-21-39)20-22-40/h3-18,23-24,39-40H,19-22H2,1-2H3/b9-3+,10-4+,36-35?. The molecule has 4 aromatic rings. The fourth-order valence-corrected chi connectivity index (χ4v) is 4.39. The molecular formula is C34H34N4O6. The number of non-ortho nitro benzene ring substituents is 1. The maximum atomic E-state index is 10.9. The van der Waals surface area contributed by atoms with Crippen LogP contribution in [-0.4, -0.2) is 55.7 Å². The molecule has 0 fully saturated rings. The Morgan fingerprint density at radius 3 is 1.55 bits per heavy atom. The number of aliphatic hydroxyl groups is 2. The lowest BCUT2D eigenvalue weighted by Gasteiger charge is -2.22. The van der Waals surface area contributed by atoms with Gasteiger partial charge in [0.25, 0.3) is 5.69 Å². The van der Waals surface area contributed by atoms with Crippen molar-refractivity contribution in [1.82, 2.24) is 0 Å². The summed E-state index contributed by atoms with van der Waals surface area (Å²) in [6.07, 6.45) is 7.64. The van der Waals surface area contributed by atoms with Gasteiger partial charge < -0.3 is 24.6 Å². The molecule has 0 atom stereocenters. The predicted molar refractivity (Wildman–Crippen MR) is 174 cm³/mol. The van der Waals surface area contributed by atoms with Crippen molar-refractivity contribution in [3.63, 3.8) is 0 Å². The number of aliphatic hydroxyl groups excluding tert-OH is 2. The van der Waals surface area contributed by atoms with Crippen molar-refractivity contribution < 1.29 is 24.6 Å². The Morgan fingerprint density at radius 2 is 1.14 bits per heavy atom. The molecule has 0 spiro atoms. The van der Waals surface area contributed by atoms with Crippen LogP contribution in [0.25, 0.3) is 24.3 Å². The number of azo groups is 1. The van der Waals surface area contributed by atoms with Crippen molar-refractivity contribution in [3.05, 3.63) is 117 Å². The van der Waals surface area contributed by atoms with E-state index in [4.69, 9.17) is 9.47 Å². The minimum atomic E-state index is -0.425. The summed E-state index contributed by atoms with van der Waals surface area (Å²) in [5.74, 6) is 1.32. The minimum Gasteiger partial charge on any atom is -0.496 e. The number of nitro groups is 1. The van der Waals surface area contributed by atoms with Crippen LogP contribution in [0.2, 0.25) is 0 Å². The van der Waals surface area contributed by atoms with Crippen molar-refractivity contribution in [2.75, 3.05) is 45.4 Å². The highest BCUT2D eigenvalue weighted by Crippen LogP contribution is 2.32. The maximum absolute atomic E-state index is 10.9. The first-order valence-electron chi connectivity index (χ1n) is 13.9. The minimum absolute atomic E-state index is 0.00598. The topological polar surface area (TPSA) is 130 Å². The molecule has 0 bridgehead atoms. The molecule has 0 saturated heterocycles. The SMILES string of the molecule is COc1cc(/C=C/c2ccc([N+](=O)[O-])cc2)c(OC)cc1/C=C/c1ccc(N=Nc2ccc(N(CCO)CCO)cc2)cc1. The zero-order chi connectivity index (χ0) is 31.3. The van der Waals surface area contributed by atoms with E-state index >= 15 is 0 Å². The largest absolute Gasteiger partial charge is 0.496 e. The molecule has 0 aliphatic carbocycles. The molecule has 0 radical (unpaired) electrons. The molecule has 0 amide bonds. The number of benzene rings is 4. The molecule has 0 aromatic heterocycles. The second-order valence-corrected chi connectivity index (χ2v) is 9.59. The first-order chi connectivity index (χ1) is 21.4. The van der Waals surface area contributed by atoms with Gasteiger partial charge in [-0.1, -0.05) is 36.4 Å². The van der Waals surface area contributed by atoms with Gasteiger partial charge >= 0.3 is 0 Å².